The van der Waals surface area contributed by atoms with Gasteiger partial charge in [0.15, 0.2) is 0 Å². The Morgan fingerprint density at radius 3 is 2.93 bits per heavy atom. The molecule has 0 fully saturated rings. The van der Waals surface area contributed by atoms with E-state index in [0.29, 0.717) is 0 Å². The van der Waals surface area contributed by atoms with E-state index in [9.17, 15) is 4.79 Å². The van der Waals surface area contributed by atoms with Gasteiger partial charge < -0.3 is 0 Å². The summed E-state index contributed by atoms with van der Waals surface area (Å²) in [6.45, 7) is 1.92. The summed E-state index contributed by atoms with van der Waals surface area (Å²) >= 11 is 0. The second-order valence-corrected chi connectivity index (χ2v) is 3.78. The molecular weight excluding hydrogens is 174 g/mol. The van der Waals surface area contributed by atoms with Gasteiger partial charge in [-0.1, -0.05) is 18.2 Å². The van der Waals surface area contributed by atoms with E-state index < -0.39 is 0 Å². The maximum Gasteiger partial charge on any atom is 0.235 e. The van der Waals surface area contributed by atoms with Crippen LogP contribution in [0.5, 0.6) is 0 Å². The van der Waals surface area contributed by atoms with Gasteiger partial charge in [0.1, 0.15) is 0 Å². The minimum Gasteiger partial charge on any atom is -0.211 e. The molecule has 1 aliphatic carbocycles. The molecule has 0 saturated carbocycles. The molecule has 0 bridgehead atoms. The van der Waals surface area contributed by atoms with E-state index in [0.717, 1.165) is 5.56 Å². The lowest BCUT2D eigenvalue weighted by atomic mass is 10.0. The standard InChI is InChI=1S/C12H13NO/c1-9(13-8-14)11-6-5-10-3-2-4-12(10)7-11/h5-7,9H,2-4H2,1H3. The van der Waals surface area contributed by atoms with Gasteiger partial charge in [-0.05, 0) is 42.9 Å². The number of isocyanates is 1. The van der Waals surface area contributed by atoms with E-state index in [-0.39, 0.29) is 6.04 Å². The van der Waals surface area contributed by atoms with Crippen LogP contribution in [0, 0.1) is 0 Å². The summed E-state index contributed by atoms with van der Waals surface area (Å²) in [5, 5.41) is 0. The van der Waals surface area contributed by atoms with Crippen LogP contribution in [0.4, 0.5) is 0 Å². The first-order chi connectivity index (χ1) is 6.81. The Balaban J connectivity index is 2.32. The van der Waals surface area contributed by atoms with E-state index in [4.69, 9.17) is 0 Å². The molecule has 72 valence electrons. The highest BCUT2D eigenvalue weighted by Crippen LogP contribution is 2.26. The highest BCUT2D eigenvalue weighted by Gasteiger charge is 2.12. The molecule has 1 unspecified atom stereocenters. The molecule has 0 aliphatic heterocycles. The van der Waals surface area contributed by atoms with Crippen molar-refractivity contribution in [2.24, 2.45) is 4.99 Å². The molecule has 2 heteroatoms. The highest BCUT2D eigenvalue weighted by atomic mass is 16.1. The largest absolute Gasteiger partial charge is 0.235 e. The first kappa shape index (κ1) is 9.17. The predicted octanol–water partition coefficient (Wildman–Crippen LogP) is 2.57. The number of rotatable bonds is 2. The monoisotopic (exact) mass is 187 g/mol. The van der Waals surface area contributed by atoms with E-state index >= 15 is 0 Å². The maximum absolute atomic E-state index is 10.1. The molecule has 1 aromatic rings. The molecule has 14 heavy (non-hydrogen) atoms. The summed E-state index contributed by atoms with van der Waals surface area (Å²) in [7, 11) is 0. The van der Waals surface area contributed by atoms with Crippen LogP contribution in [0.3, 0.4) is 0 Å². The SMILES string of the molecule is CC(N=C=O)c1ccc2c(c1)CCC2. The molecule has 0 spiro atoms. The third-order valence-electron chi connectivity index (χ3n) is 2.85. The molecule has 0 N–H and O–H groups in total. The number of hydrogen-bond donors (Lipinski definition) is 0. The van der Waals surface area contributed by atoms with Crippen LogP contribution in [-0.2, 0) is 17.6 Å². The number of fused-ring (bicyclic) bond motifs is 1. The van der Waals surface area contributed by atoms with Gasteiger partial charge in [0.2, 0.25) is 6.08 Å². The van der Waals surface area contributed by atoms with Gasteiger partial charge in [-0.2, -0.15) is 4.99 Å². The average molecular weight is 187 g/mol. The smallest absolute Gasteiger partial charge is 0.211 e. The van der Waals surface area contributed by atoms with Crippen LogP contribution < -0.4 is 0 Å². The second-order valence-electron chi connectivity index (χ2n) is 3.78. The van der Waals surface area contributed by atoms with Gasteiger partial charge in [-0.3, -0.25) is 0 Å². The summed E-state index contributed by atoms with van der Waals surface area (Å²) in [4.78, 5) is 13.8. The Morgan fingerprint density at radius 2 is 2.14 bits per heavy atom. The molecule has 1 aromatic carbocycles. The van der Waals surface area contributed by atoms with Crippen LogP contribution in [0.2, 0.25) is 0 Å². The topological polar surface area (TPSA) is 29.4 Å². The molecule has 1 atom stereocenters. The number of benzene rings is 1. The number of nitrogens with zero attached hydrogens (tertiary/aromatic N) is 1. The third-order valence-corrected chi connectivity index (χ3v) is 2.85. The first-order valence-corrected chi connectivity index (χ1v) is 5.00. The van der Waals surface area contributed by atoms with Crippen LogP contribution in [0.25, 0.3) is 0 Å². The molecule has 0 aromatic heterocycles. The Labute approximate surface area is 83.7 Å². The zero-order valence-electron chi connectivity index (χ0n) is 8.29. The van der Waals surface area contributed by atoms with Crippen molar-refractivity contribution in [1.82, 2.24) is 0 Å². The van der Waals surface area contributed by atoms with Gasteiger partial charge in [0, 0.05) is 0 Å². The number of carbonyl (C=O) groups excluding carboxylic acids is 1. The van der Waals surface area contributed by atoms with Crippen molar-refractivity contribution < 1.29 is 4.79 Å². The Hall–Kier alpha value is -1.40. The van der Waals surface area contributed by atoms with Crippen LogP contribution in [-0.4, -0.2) is 6.08 Å². The summed E-state index contributed by atoms with van der Waals surface area (Å²) in [6, 6.07) is 6.34. The molecule has 2 nitrogen and oxygen atoms in total. The van der Waals surface area contributed by atoms with Crippen molar-refractivity contribution in [3.8, 4) is 0 Å². The van der Waals surface area contributed by atoms with E-state index in [1.807, 2.05) is 6.92 Å². The molecule has 0 saturated heterocycles. The summed E-state index contributed by atoms with van der Waals surface area (Å²) < 4.78 is 0. The Kier molecular flexibility index (Phi) is 2.47. The van der Waals surface area contributed by atoms with Crippen molar-refractivity contribution in [3.63, 3.8) is 0 Å². The minimum absolute atomic E-state index is 0.0570. The van der Waals surface area contributed by atoms with Gasteiger partial charge >= 0.3 is 0 Å². The predicted molar refractivity (Wildman–Crippen MR) is 55.0 cm³/mol. The van der Waals surface area contributed by atoms with Gasteiger partial charge in [-0.25, -0.2) is 4.79 Å². The van der Waals surface area contributed by atoms with Crippen molar-refractivity contribution in [2.75, 3.05) is 0 Å². The fourth-order valence-corrected chi connectivity index (χ4v) is 2.01. The highest BCUT2D eigenvalue weighted by molar-refractivity contribution is 5.39. The number of hydrogen-bond acceptors (Lipinski definition) is 2. The first-order valence-electron chi connectivity index (χ1n) is 5.00. The molecular formula is C12H13NO. The lowest BCUT2D eigenvalue weighted by molar-refractivity contribution is 0.559. The summed E-state index contributed by atoms with van der Waals surface area (Å²) in [5.41, 5.74) is 4.00. The number of aliphatic imine (C=N–C) groups is 1. The summed E-state index contributed by atoms with van der Waals surface area (Å²) in [5.74, 6) is 0. The zero-order valence-corrected chi connectivity index (χ0v) is 8.29. The Morgan fingerprint density at radius 1 is 1.36 bits per heavy atom. The normalized spacial score (nSPS) is 15.8. The van der Waals surface area contributed by atoms with Crippen LogP contribution in [0.15, 0.2) is 23.2 Å². The zero-order chi connectivity index (χ0) is 9.97. The van der Waals surface area contributed by atoms with Crippen LogP contribution >= 0.6 is 0 Å². The van der Waals surface area contributed by atoms with Crippen molar-refractivity contribution in [3.05, 3.63) is 34.9 Å². The second kappa shape index (κ2) is 3.77. The molecule has 0 radical (unpaired) electrons. The van der Waals surface area contributed by atoms with Crippen molar-refractivity contribution in [1.29, 1.82) is 0 Å². The molecule has 1 aliphatic rings. The van der Waals surface area contributed by atoms with E-state index in [1.54, 1.807) is 6.08 Å². The lowest BCUT2D eigenvalue weighted by Gasteiger charge is -2.06. The van der Waals surface area contributed by atoms with Gasteiger partial charge in [-0.15, -0.1) is 0 Å². The average Bonchev–Trinajstić information content (AvgIpc) is 2.64. The Bertz CT molecular complexity index is 391. The quantitative estimate of drug-likeness (QED) is 0.517. The van der Waals surface area contributed by atoms with E-state index in [2.05, 4.69) is 23.2 Å². The molecule has 0 heterocycles. The van der Waals surface area contributed by atoms with E-state index in [1.165, 1.54) is 30.4 Å². The lowest BCUT2D eigenvalue weighted by Crippen LogP contribution is -1.92. The fourth-order valence-electron chi connectivity index (χ4n) is 2.01. The van der Waals surface area contributed by atoms with Crippen LogP contribution in [0.1, 0.15) is 36.1 Å². The maximum atomic E-state index is 10.1. The van der Waals surface area contributed by atoms with Gasteiger partial charge in [0.25, 0.3) is 0 Å². The molecule has 2 rings (SSSR count). The molecule has 0 amide bonds. The van der Waals surface area contributed by atoms with Gasteiger partial charge in [0.05, 0.1) is 6.04 Å². The van der Waals surface area contributed by atoms with Crippen molar-refractivity contribution in [2.45, 2.75) is 32.2 Å². The third kappa shape index (κ3) is 1.61. The minimum atomic E-state index is -0.0570. The number of aryl methyl sites for hydroxylation is 2. The van der Waals surface area contributed by atoms with Crippen molar-refractivity contribution >= 4 is 6.08 Å². The fraction of sp³-hybridized carbons (Fsp3) is 0.417. The summed E-state index contributed by atoms with van der Waals surface area (Å²) in [6.07, 6.45) is 5.23.